The molecule has 4 rings (SSSR count). The topological polar surface area (TPSA) is 78.0 Å². The summed E-state index contributed by atoms with van der Waals surface area (Å²) in [5.74, 6) is 1.65. The summed E-state index contributed by atoms with van der Waals surface area (Å²) >= 11 is 0. The number of ether oxygens (including phenoxy) is 1. The molecule has 26 heavy (non-hydrogen) atoms. The number of aromatic nitrogens is 4. The predicted molar refractivity (Wildman–Crippen MR) is 96.2 cm³/mol. The van der Waals surface area contributed by atoms with Gasteiger partial charge in [-0.15, -0.1) is 0 Å². The molecule has 0 aliphatic carbocycles. The van der Waals surface area contributed by atoms with E-state index in [1.165, 1.54) is 0 Å². The van der Waals surface area contributed by atoms with Gasteiger partial charge in [0.2, 0.25) is 0 Å². The van der Waals surface area contributed by atoms with Crippen LogP contribution in [0.3, 0.4) is 0 Å². The molecule has 0 spiro atoms. The van der Waals surface area contributed by atoms with E-state index in [0.29, 0.717) is 24.2 Å². The lowest BCUT2D eigenvalue weighted by Gasteiger charge is -2.17. The van der Waals surface area contributed by atoms with Crippen molar-refractivity contribution >= 4 is 0 Å². The van der Waals surface area contributed by atoms with Crippen molar-refractivity contribution < 1.29 is 9.26 Å². The van der Waals surface area contributed by atoms with Gasteiger partial charge in [-0.3, -0.25) is 4.68 Å². The van der Waals surface area contributed by atoms with Gasteiger partial charge in [-0.2, -0.15) is 10.1 Å². The zero-order chi connectivity index (χ0) is 17.9. The molecule has 7 heteroatoms. The molecule has 0 saturated carbocycles. The lowest BCUT2D eigenvalue weighted by atomic mass is 9.97. The molecule has 3 heterocycles. The molecule has 1 saturated heterocycles. The Bertz CT molecular complexity index is 872. The lowest BCUT2D eigenvalue weighted by Crippen LogP contribution is -2.25. The Hall–Kier alpha value is -2.51. The molecule has 7 nitrogen and oxygen atoms in total. The summed E-state index contributed by atoms with van der Waals surface area (Å²) in [6, 6.07) is 8.01. The molecule has 0 amide bonds. The summed E-state index contributed by atoms with van der Waals surface area (Å²) in [5.41, 5.74) is 3.24. The predicted octanol–water partition coefficient (Wildman–Crippen LogP) is 2.65. The maximum absolute atomic E-state index is 5.90. The third kappa shape index (κ3) is 3.54. The van der Waals surface area contributed by atoms with E-state index in [0.717, 1.165) is 36.3 Å². The van der Waals surface area contributed by atoms with Crippen molar-refractivity contribution in [1.29, 1.82) is 0 Å². The lowest BCUT2D eigenvalue weighted by molar-refractivity contribution is 0.0903. The Morgan fingerprint density at radius 1 is 1.31 bits per heavy atom. The summed E-state index contributed by atoms with van der Waals surface area (Å²) in [7, 11) is 1.92. The van der Waals surface area contributed by atoms with E-state index >= 15 is 0 Å². The van der Waals surface area contributed by atoms with Gasteiger partial charge >= 0.3 is 0 Å². The SMILES string of the molecule is Cc1ccccc1-c1nc(CNC[C@H]2CCO[C@@H]2c2cnn(C)c2)no1. The van der Waals surface area contributed by atoms with E-state index in [4.69, 9.17) is 9.26 Å². The zero-order valence-electron chi connectivity index (χ0n) is 15.1. The average molecular weight is 353 g/mol. The van der Waals surface area contributed by atoms with Gasteiger partial charge in [-0.05, 0) is 25.0 Å². The van der Waals surface area contributed by atoms with E-state index in [9.17, 15) is 0 Å². The Labute approximate surface area is 152 Å². The van der Waals surface area contributed by atoms with Crippen molar-refractivity contribution in [2.24, 2.45) is 13.0 Å². The average Bonchev–Trinajstić information content (AvgIpc) is 3.36. The third-order valence-electron chi connectivity index (χ3n) is 4.80. The largest absolute Gasteiger partial charge is 0.373 e. The van der Waals surface area contributed by atoms with Crippen LogP contribution in [-0.2, 0) is 18.3 Å². The standard InChI is InChI=1S/C19H23N5O2/c1-13-5-3-4-6-16(13)19-22-17(23-26-19)11-20-9-14-7-8-25-18(14)15-10-21-24(2)12-15/h3-6,10,12,14,18,20H,7-9,11H2,1-2H3/t14-,18+/m1/s1. The van der Waals surface area contributed by atoms with Gasteiger partial charge in [0.15, 0.2) is 5.82 Å². The second-order valence-electron chi connectivity index (χ2n) is 6.75. The van der Waals surface area contributed by atoms with Gasteiger partial charge in [0, 0.05) is 43.4 Å². The molecule has 2 aromatic heterocycles. The second kappa shape index (κ2) is 7.39. The highest BCUT2D eigenvalue weighted by atomic mass is 16.5. The minimum atomic E-state index is 0.101. The minimum Gasteiger partial charge on any atom is -0.373 e. The first-order valence-corrected chi connectivity index (χ1v) is 8.90. The molecule has 1 N–H and O–H groups in total. The summed E-state index contributed by atoms with van der Waals surface area (Å²) < 4.78 is 13.1. The van der Waals surface area contributed by atoms with Crippen LogP contribution < -0.4 is 5.32 Å². The molecule has 136 valence electrons. The van der Waals surface area contributed by atoms with Gasteiger partial charge in [0.05, 0.1) is 18.8 Å². The number of benzene rings is 1. The molecular formula is C19H23N5O2. The number of nitrogens with one attached hydrogen (secondary N) is 1. The minimum absolute atomic E-state index is 0.101. The van der Waals surface area contributed by atoms with Crippen LogP contribution in [0.1, 0.15) is 29.5 Å². The number of rotatable bonds is 6. The van der Waals surface area contributed by atoms with E-state index < -0.39 is 0 Å². The van der Waals surface area contributed by atoms with E-state index in [2.05, 4.69) is 20.6 Å². The Balaban J connectivity index is 1.34. The third-order valence-corrected chi connectivity index (χ3v) is 4.80. The van der Waals surface area contributed by atoms with Crippen molar-refractivity contribution in [1.82, 2.24) is 25.2 Å². The van der Waals surface area contributed by atoms with Crippen LogP contribution in [0.5, 0.6) is 0 Å². The molecule has 0 radical (unpaired) electrons. The van der Waals surface area contributed by atoms with Crippen LogP contribution in [0.2, 0.25) is 0 Å². The van der Waals surface area contributed by atoms with Crippen LogP contribution >= 0.6 is 0 Å². The fourth-order valence-corrected chi connectivity index (χ4v) is 3.42. The first-order valence-electron chi connectivity index (χ1n) is 8.90. The number of aryl methyl sites for hydroxylation is 2. The summed E-state index contributed by atoms with van der Waals surface area (Å²) in [6.45, 7) is 4.24. The number of nitrogens with zero attached hydrogens (tertiary/aromatic N) is 4. The first-order chi connectivity index (χ1) is 12.7. The monoisotopic (exact) mass is 353 g/mol. The maximum Gasteiger partial charge on any atom is 0.258 e. The van der Waals surface area contributed by atoms with Crippen LogP contribution in [0, 0.1) is 12.8 Å². The molecule has 1 aromatic carbocycles. The molecule has 1 aliphatic rings. The molecule has 1 fully saturated rings. The van der Waals surface area contributed by atoms with Crippen molar-refractivity contribution in [2.45, 2.75) is 26.0 Å². The Morgan fingerprint density at radius 3 is 3.00 bits per heavy atom. The highest BCUT2D eigenvalue weighted by Gasteiger charge is 2.30. The van der Waals surface area contributed by atoms with E-state index in [-0.39, 0.29) is 6.10 Å². The van der Waals surface area contributed by atoms with Gasteiger partial charge in [0.1, 0.15) is 0 Å². The van der Waals surface area contributed by atoms with Crippen molar-refractivity contribution in [3.63, 3.8) is 0 Å². The van der Waals surface area contributed by atoms with Crippen molar-refractivity contribution in [3.8, 4) is 11.5 Å². The quantitative estimate of drug-likeness (QED) is 0.734. The molecule has 1 aliphatic heterocycles. The molecular weight excluding hydrogens is 330 g/mol. The fraction of sp³-hybridized carbons (Fsp3) is 0.421. The first kappa shape index (κ1) is 16.9. The zero-order valence-corrected chi connectivity index (χ0v) is 15.1. The van der Waals surface area contributed by atoms with E-state index in [1.54, 1.807) is 0 Å². The van der Waals surface area contributed by atoms with Gasteiger partial charge in [0.25, 0.3) is 5.89 Å². The van der Waals surface area contributed by atoms with Crippen molar-refractivity contribution in [2.75, 3.05) is 13.2 Å². The van der Waals surface area contributed by atoms with Crippen LogP contribution in [0.4, 0.5) is 0 Å². The molecule has 2 atom stereocenters. The highest BCUT2D eigenvalue weighted by molar-refractivity contribution is 5.57. The smallest absolute Gasteiger partial charge is 0.258 e. The van der Waals surface area contributed by atoms with Crippen LogP contribution in [-0.4, -0.2) is 33.1 Å². The summed E-state index contributed by atoms with van der Waals surface area (Å²) in [5, 5.41) is 11.8. The maximum atomic E-state index is 5.90. The van der Waals surface area contributed by atoms with Crippen LogP contribution in [0.15, 0.2) is 41.2 Å². The molecule has 3 aromatic rings. The van der Waals surface area contributed by atoms with E-state index in [1.807, 2.05) is 55.3 Å². The van der Waals surface area contributed by atoms with Crippen LogP contribution in [0.25, 0.3) is 11.5 Å². The van der Waals surface area contributed by atoms with Gasteiger partial charge < -0.3 is 14.6 Å². The normalized spacial score (nSPS) is 19.9. The number of hydrogen-bond acceptors (Lipinski definition) is 6. The highest BCUT2D eigenvalue weighted by Crippen LogP contribution is 2.33. The summed E-state index contributed by atoms with van der Waals surface area (Å²) in [4.78, 5) is 4.50. The second-order valence-corrected chi connectivity index (χ2v) is 6.75. The number of hydrogen-bond donors (Lipinski definition) is 1. The summed E-state index contributed by atoms with van der Waals surface area (Å²) in [6.07, 6.45) is 5.05. The van der Waals surface area contributed by atoms with Crippen molar-refractivity contribution in [3.05, 3.63) is 53.6 Å². The molecule has 0 bridgehead atoms. The van der Waals surface area contributed by atoms with Gasteiger partial charge in [-0.1, -0.05) is 23.4 Å². The fourth-order valence-electron chi connectivity index (χ4n) is 3.42. The Kier molecular flexibility index (Phi) is 4.81. The Morgan fingerprint density at radius 2 is 2.19 bits per heavy atom. The van der Waals surface area contributed by atoms with Gasteiger partial charge in [-0.25, -0.2) is 0 Å². The molecule has 0 unspecified atom stereocenters.